The number of aliphatic hydroxyl groups is 1. The summed E-state index contributed by atoms with van der Waals surface area (Å²) >= 11 is 0. The van der Waals surface area contributed by atoms with E-state index in [0.717, 1.165) is 5.56 Å². The van der Waals surface area contributed by atoms with Crippen molar-refractivity contribution < 1.29 is 24.9 Å². The summed E-state index contributed by atoms with van der Waals surface area (Å²) in [4.78, 5) is 28.1. The van der Waals surface area contributed by atoms with Crippen molar-refractivity contribution in [3.63, 3.8) is 0 Å². The summed E-state index contributed by atoms with van der Waals surface area (Å²) in [5.74, 6) is -2.97. The number of benzene rings is 1. The van der Waals surface area contributed by atoms with Gasteiger partial charge in [-0.3, -0.25) is 9.79 Å². The first-order valence-corrected chi connectivity index (χ1v) is 8.25. The van der Waals surface area contributed by atoms with Crippen LogP contribution in [0.25, 0.3) is 0 Å². The molecule has 0 spiro atoms. The molecule has 0 saturated heterocycles. The van der Waals surface area contributed by atoms with Crippen molar-refractivity contribution in [3.05, 3.63) is 47.2 Å². The van der Waals surface area contributed by atoms with E-state index in [1.807, 2.05) is 37.3 Å². The van der Waals surface area contributed by atoms with Crippen LogP contribution in [0, 0.1) is 5.41 Å². The maximum Gasteiger partial charge on any atom is 0.341 e. The van der Waals surface area contributed by atoms with Gasteiger partial charge in [0.05, 0.1) is 12.3 Å². The Morgan fingerprint density at radius 3 is 2.08 bits per heavy atom. The molecule has 0 fully saturated rings. The standard InChI is InChI=1S/C19H25NO5/c1-4-11-19(5-2,18(24)25)16(15(13(3)21)17(22)23)20-12-14-9-7-6-8-10-14/h6-10,21H,4-5,11-12H2,1-3H3,(H,22,23)(H,24,25). The van der Waals surface area contributed by atoms with Crippen LogP contribution in [0.1, 0.15) is 45.6 Å². The maximum atomic E-state index is 12.1. The van der Waals surface area contributed by atoms with Crippen molar-refractivity contribution in [2.24, 2.45) is 10.4 Å². The van der Waals surface area contributed by atoms with Gasteiger partial charge in [0.15, 0.2) is 0 Å². The predicted molar refractivity (Wildman–Crippen MR) is 95.8 cm³/mol. The first-order chi connectivity index (χ1) is 11.8. The molecule has 0 heterocycles. The lowest BCUT2D eigenvalue weighted by Crippen LogP contribution is -2.42. The van der Waals surface area contributed by atoms with Gasteiger partial charge in [-0.05, 0) is 25.3 Å². The number of rotatable bonds is 9. The van der Waals surface area contributed by atoms with Gasteiger partial charge in [0.25, 0.3) is 0 Å². The van der Waals surface area contributed by atoms with Crippen LogP contribution >= 0.6 is 0 Å². The quantitative estimate of drug-likeness (QED) is 0.357. The molecule has 1 unspecified atom stereocenters. The van der Waals surface area contributed by atoms with Gasteiger partial charge in [0, 0.05) is 0 Å². The lowest BCUT2D eigenvalue weighted by Gasteiger charge is -2.30. The topological polar surface area (TPSA) is 107 Å². The van der Waals surface area contributed by atoms with E-state index in [-0.39, 0.29) is 25.1 Å². The van der Waals surface area contributed by atoms with Crippen molar-refractivity contribution in [2.45, 2.75) is 46.6 Å². The smallest absolute Gasteiger partial charge is 0.341 e. The van der Waals surface area contributed by atoms with Crippen LogP contribution in [-0.4, -0.2) is 33.0 Å². The highest BCUT2D eigenvalue weighted by molar-refractivity contribution is 6.26. The number of carboxylic acids is 2. The van der Waals surface area contributed by atoms with Gasteiger partial charge in [-0.2, -0.15) is 0 Å². The summed E-state index contributed by atoms with van der Waals surface area (Å²) in [6.45, 7) is 4.89. The third-order valence-electron chi connectivity index (χ3n) is 4.22. The van der Waals surface area contributed by atoms with Crippen LogP contribution in [0.3, 0.4) is 0 Å². The van der Waals surface area contributed by atoms with E-state index >= 15 is 0 Å². The molecule has 0 saturated carbocycles. The molecule has 0 aliphatic heterocycles. The lowest BCUT2D eigenvalue weighted by molar-refractivity contribution is -0.145. The zero-order valence-corrected chi connectivity index (χ0v) is 14.8. The molecule has 6 nitrogen and oxygen atoms in total. The number of nitrogens with zero attached hydrogens (tertiary/aromatic N) is 1. The van der Waals surface area contributed by atoms with E-state index in [4.69, 9.17) is 0 Å². The lowest BCUT2D eigenvalue weighted by atomic mass is 9.73. The summed E-state index contributed by atoms with van der Waals surface area (Å²) < 4.78 is 0. The van der Waals surface area contributed by atoms with Crippen LogP contribution in [0.2, 0.25) is 0 Å². The fraction of sp³-hybridized carbons (Fsp3) is 0.421. The average molecular weight is 347 g/mol. The maximum absolute atomic E-state index is 12.1. The van der Waals surface area contributed by atoms with Crippen molar-refractivity contribution in [1.29, 1.82) is 0 Å². The first kappa shape index (κ1) is 20.4. The van der Waals surface area contributed by atoms with E-state index in [9.17, 15) is 24.9 Å². The molecule has 0 aliphatic carbocycles. The Balaban J connectivity index is 3.58. The van der Waals surface area contributed by atoms with Crippen molar-refractivity contribution in [1.82, 2.24) is 0 Å². The number of hydrogen-bond donors (Lipinski definition) is 3. The molecule has 25 heavy (non-hydrogen) atoms. The SMILES string of the molecule is CCCC(CC)(C(=O)O)C(=NCc1ccccc1)C(C(=O)O)=C(C)O. The second kappa shape index (κ2) is 9.01. The number of hydrogen-bond acceptors (Lipinski definition) is 4. The second-order valence-electron chi connectivity index (χ2n) is 5.91. The highest BCUT2D eigenvalue weighted by Gasteiger charge is 2.45. The number of aliphatic hydroxyl groups excluding tert-OH is 1. The predicted octanol–water partition coefficient (Wildman–Crippen LogP) is 3.83. The molecule has 0 radical (unpaired) electrons. The number of aliphatic imine (C=N–C) groups is 1. The molecule has 6 heteroatoms. The zero-order chi connectivity index (χ0) is 19.0. The number of carbonyl (C=O) groups is 2. The largest absolute Gasteiger partial charge is 0.512 e. The Morgan fingerprint density at radius 1 is 1.08 bits per heavy atom. The Labute approximate surface area is 147 Å². The van der Waals surface area contributed by atoms with Gasteiger partial charge in [0.1, 0.15) is 16.7 Å². The molecule has 1 aromatic rings. The van der Waals surface area contributed by atoms with Crippen LogP contribution < -0.4 is 0 Å². The van der Waals surface area contributed by atoms with Crippen molar-refractivity contribution in [2.75, 3.05) is 0 Å². The minimum absolute atomic E-state index is 0.0827. The van der Waals surface area contributed by atoms with E-state index in [1.54, 1.807) is 6.92 Å². The molecule has 1 aromatic carbocycles. The van der Waals surface area contributed by atoms with Gasteiger partial charge >= 0.3 is 11.9 Å². The summed E-state index contributed by atoms with van der Waals surface area (Å²) in [5, 5.41) is 29.3. The number of aliphatic carboxylic acids is 2. The summed E-state index contributed by atoms with van der Waals surface area (Å²) in [6.07, 6.45) is 0.951. The van der Waals surface area contributed by atoms with Crippen molar-refractivity contribution >= 4 is 17.7 Å². The molecule has 0 aromatic heterocycles. The van der Waals surface area contributed by atoms with Crippen LogP contribution in [0.4, 0.5) is 0 Å². The summed E-state index contributed by atoms with van der Waals surface area (Å²) in [5.41, 5.74) is -1.15. The highest BCUT2D eigenvalue weighted by Crippen LogP contribution is 2.35. The molecular formula is C19H25NO5. The van der Waals surface area contributed by atoms with E-state index in [2.05, 4.69) is 4.99 Å². The monoisotopic (exact) mass is 347 g/mol. The third kappa shape index (κ3) is 4.68. The summed E-state index contributed by atoms with van der Waals surface area (Å²) in [6, 6.07) is 9.15. The first-order valence-electron chi connectivity index (χ1n) is 8.25. The highest BCUT2D eigenvalue weighted by atomic mass is 16.4. The Morgan fingerprint density at radius 2 is 1.68 bits per heavy atom. The summed E-state index contributed by atoms with van der Waals surface area (Å²) in [7, 11) is 0. The molecule has 3 N–H and O–H groups in total. The Kier molecular flexibility index (Phi) is 7.36. The number of carboxylic acid groups (broad SMARTS) is 2. The van der Waals surface area contributed by atoms with Crippen molar-refractivity contribution in [3.8, 4) is 0 Å². The van der Waals surface area contributed by atoms with Gasteiger partial charge < -0.3 is 15.3 Å². The fourth-order valence-corrected chi connectivity index (χ4v) is 2.90. The molecule has 0 bridgehead atoms. The second-order valence-corrected chi connectivity index (χ2v) is 5.91. The zero-order valence-electron chi connectivity index (χ0n) is 14.8. The molecule has 0 aliphatic rings. The van der Waals surface area contributed by atoms with E-state index in [1.165, 1.54) is 6.92 Å². The Bertz CT molecular complexity index is 674. The van der Waals surface area contributed by atoms with Crippen LogP contribution in [-0.2, 0) is 16.1 Å². The van der Waals surface area contributed by atoms with E-state index < -0.39 is 28.7 Å². The minimum atomic E-state index is -1.46. The molecular weight excluding hydrogens is 322 g/mol. The third-order valence-corrected chi connectivity index (χ3v) is 4.22. The van der Waals surface area contributed by atoms with Crippen LogP contribution in [0.15, 0.2) is 46.7 Å². The minimum Gasteiger partial charge on any atom is -0.512 e. The van der Waals surface area contributed by atoms with Crippen LogP contribution in [0.5, 0.6) is 0 Å². The van der Waals surface area contributed by atoms with Gasteiger partial charge in [0.2, 0.25) is 0 Å². The normalized spacial score (nSPS) is 15.2. The van der Waals surface area contributed by atoms with E-state index in [0.29, 0.717) is 6.42 Å². The molecule has 0 amide bonds. The van der Waals surface area contributed by atoms with Gasteiger partial charge in [-0.25, -0.2) is 4.79 Å². The average Bonchev–Trinajstić information content (AvgIpc) is 2.56. The molecule has 1 atom stereocenters. The van der Waals surface area contributed by atoms with Gasteiger partial charge in [-0.1, -0.05) is 50.6 Å². The Hall–Kier alpha value is -2.63. The van der Waals surface area contributed by atoms with Gasteiger partial charge in [-0.15, -0.1) is 0 Å². The number of allylic oxidation sites excluding steroid dienone is 1. The fourth-order valence-electron chi connectivity index (χ4n) is 2.90. The molecule has 1 rings (SSSR count). The molecule has 136 valence electrons.